The highest BCUT2D eigenvalue weighted by Gasteiger charge is 2.32. The molecule has 106 valence electrons. The van der Waals surface area contributed by atoms with Crippen LogP contribution in [0.2, 0.25) is 0 Å². The molecule has 1 N–H and O–H groups in total. The van der Waals surface area contributed by atoms with Gasteiger partial charge < -0.3 is 10.1 Å². The fourth-order valence-corrected chi connectivity index (χ4v) is 2.84. The standard InChI is InChI=1S/C17H27NO/c1-3-5-8-12-19-16-13-14-9-6-7-10-15(14)17(16)18-11-4-2/h6-7,9-10,16-18H,3-5,8,11-13H2,1-2H3. The van der Waals surface area contributed by atoms with Gasteiger partial charge in [-0.05, 0) is 30.5 Å². The zero-order chi connectivity index (χ0) is 13.5. The molecule has 0 saturated heterocycles. The Morgan fingerprint density at radius 2 is 2.00 bits per heavy atom. The van der Waals surface area contributed by atoms with Crippen LogP contribution in [0, 0.1) is 0 Å². The van der Waals surface area contributed by atoms with Gasteiger partial charge in [0.05, 0.1) is 12.1 Å². The number of unbranched alkanes of at least 4 members (excludes halogenated alkanes) is 2. The predicted octanol–water partition coefficient (Wildman–Crippen LogP) is 3.86. The van der Waals surface area contributed by atoms with E-state index in [0.717, 1.165) is 19.6 Å². The van der Waals surface area contributed by atoms with Crippen molar-refractivity contribution in [3.8, 4) is 0 Å². The molecule has 0 radical (unpaired) electrons. The Bertz CT molecular complexity index is 377. The maximum Gasteiger partial charge on any atom is 0.0810 e. The second-order valence-corrected chi connectivity index (χ2v) is 5.45. The van der Waals surface area contributed by atoms with Crippen LogP contribution in [0.3, 0.4) is 0 Å². The molecule has 1 aliphatic carbocycles. The van der Waals surface area contributed by atoms with E-state index in [1.54, 1.807) is 0 Å². The van der Waals surface area contributed by atoms with E-state index in [2.05, 4.69) is 43.4 Å². The van der Waals surface area contributed by atoms with Gasteiger partial charge in [0.15, 0.2) is 0 Å². The number of hydrogen-bond donors (Lipinski definition) is 1. The quantitative estimate of drug-likeness (QED) is 0.717. The molecule has 0 saturated carbocycles. The molecule has 2 atom stereocenters. The normalized spacial score (nSPS) is 21.6. The van der Waals surface area contributed by atoms with Crippen LogP contribution in [0.25, 0.3) is 0 Å². The molecule has 2 nitrogen and oxygen atoms in total. The summed E-state index contributed by atoms with van der Waals surface area (Å²) in [4.78, 5) is 0. The molecule has 0 fully saturated rings. The molecule has 1 aliphatic rings. The van der Waals surface area contributed by atoms with E-state index in [0.29, 0.717) is 12.1 Å². The van der Waals surface area contributed by atoms with Crippen LogP contribution < -0.4 is 5.32 Å². The smallest absolute Gasteiger partial charge is 0.0810 e. The Labute approximate surface area is 117 Å². The second-order valence-electron chi connectivity index (χ2n) is 5.45. The van der Waals surface area contributed by atoms with Gasteiger partial charge in [-0.15, -0.1) is 0 Å². The van der Waals surface area contributed by atoms with Gasteiger partial charge in [0, 0.05) is 13.0 Å². The molecule has 0 heterocycles. The number of nitrogens with one attached hydrogen (secondary N) is 1. The lowest BCUT2D eigenvalue weighted by Crippen LogP contribution is -2.31. The van der Waals surface area contributed by atoms with E-state index in [9.17, 15) is 0 Å². The molecule has 0 aromatic heterocycles. The number of hydrogen-bond acceptors (Lipinski definition) is 2. The molecule has 2 unspecified atom stereocenters. The van der Waals surface area contributed by atoms with E-state index >= 15 is 0 Å². The molecule has 0 amide bonds. The van der Waals surface area contributed by atoms with Crippen molar-refractivity contribution in [2.24, 2.45) is 0 Å². The zero-order valence-electron chi connectivity index (χ0n) is 12.3. The molecular weight excluding hydrogens is 234 g/mol. The summed E-state index contributed by atoms with van der Waals surface area (Å²) in [5.41, 5.74) is 2.90. The third kappa shape index (κ3) is 3.80. The SMILES string of the molecule is CCCCCOC1Cc2ccccc2C1NCCC. The third-order valence-electron chi connectivity index (χ3n) is 3.88. The average molecular weight is 261 g/mol. The van der Waals surface area contributed by atoms with Crippen LogP contribution in [-0.4, -0.2) is 19.3 Å². The van der Waals surface area contributed by atoms with Gasteiger partial charge >= 0.3 is 0 Å². The lowest BCUT2D eigenvalue weighted by atomic mass is 10.1. The Hall–Kier alpha value is -0.860. The second kappa shape index (κ2) is 7.66. The summed E-state index contributed by atoms with van der Waals surface area (Å²) in [5, 5.41) is 3.65. The third-order valence-corrected chi connectivity index (χ3v) is 3.88. The largest absolute Gasteiger partial charge is 0.376 e. The molecule has 0 spiro atoms. The van der Waals surface area contributed by atoms with Crippen molar-refractivity contribution in [1.82, 2.24) is 5.32 Å². The van der Waals surface area contributed by atoms with Crippen LogP contribution >= 0.6 is 0 Å². The van der Waals surface area contributed by atoms with Crippen molar-refractivity contribution in [2.75, 3.05) is 13.2 Å². The van der Waals surface area contributed by atoms with E-state index < -0.39 is 0 Å². The van der Waals surface area contributed by atoms with E-state index in [1.807, 2.05) is 0 Å². The zero-order valence-corrected chi connectivity index (χ0v) is 12.3. The van der Waals surface area contributed by atoms with Crippen LogP contribution in [0.5, 0.6) is 0 Å². The Balaban J connectivity index is 1.95. The Morgan fingerprint density at radius 3 is 2.79 bits per heavy atom. The maximum atomic E-state index is 6.13. The first-order valence-corrected chi connectivity index (χ1v) is 7.79. The lowest BCUT2D eigenvalue weighted by Gasteiger charge is -2.22. The summed E-state index contributed by atoms with van der Waals surface area (Å²) >= 11 is 0. The summed E-state index contributed by atoms with van der Waals surface area (Å²) < 4.78 is 6.13. The fourth-order valence-electron chi connectivity index (χ4n) is 2.84. The molecule has 0 bridgehead atoms. The number of ether oxygens (including phenoxy) is 1. The minimum absolute atomic E-state index is 0.320. The minimum Gasteiger partial charge on any atom is -0.376 e. The summed E-state index contributed by atoms with van der Waals surface area (Å²) in [6, 6.07) is 9.15. The Kier molecular flexibility index (Phi) is 5.87. The Morgan fingerprint density at radius 1 is 1.16 bits per heavy atom. The van der Waals surface area contributed by atoms with Crippen molar-refractivity contribution in [3.63, 3.8) is 0 Å². The highest BCUT2D eigenvalue weighted by molar-refractivity contribution is 5.36. The molecule has 1 aromatic rings. The van der Waals surface area contributed by atoms with Crippen molar-refractivity contribution >= 4 is 0 Å². The highest BCUT2D eigenvalue weighted by Crippen LogP contribution is 2.33. The molecular formula is C17H27NO. The molecule has 1 aromatic carbocycles. The van der Waals surface area contributed by atoms with Crippen LogP contribution in [0.15, 0.2) is 24.3 Å². The van der Waals surface area contributed by atoms with Gasteiger partial charge in [-0.2, -0.15) is 0 Å². The summed E-state index contributed by atoms with van der Waals surface area (Å²) in [7, 11) is 0. The number of benzene rings is 1. The van der Waals surface area contributed by atoms with Gasteiger partial charge in [0.1, 0.15) is 0 Å². The van der Waals surface area contributed by atoms with Crippen molar-refractivity contribution in [3.05, 3.63) is 35.4 Å². The fraction of sp³-hybridized carbons (Fsp3) is 0.647. The minimum atomic E-state index is 0.320. The summed E-state index contributed by atoms with van der Waals surface area (Å²) in [5.74, 6) is 0. The van der Waals surface area contributed by atoms with Crippen LogP contribution in [-0.2, 0) is 11.2 Å². The summed E-state index contributed by atoms with van der Waals surface area (Å²) in [6.45, 7) is 6.41. The predicted molar refractivity (Wildman–Crippen MR) is 80.4 cm³/mol. The van der Waals surface area contributed by atoms with Crippen LogP contribution in [0.4, 0.5) is 0 Å². The van der Waals surface area contributed by atoms with Crippen molar-refractivity contribution in [2.45, 2.75) is 58.1 Å². The van der Waals surface area contributed by atoms with E-state index in [1.165, 1.54) is 36.8 Å². The molecule has 2 heteroatoms. The average Bonchev–Trinajstić information content (AvgIpc) is 2.79. The summed E-state index contributed by atoms with van der Waals surface area (Å²) in [6.07, 6.45) is 6.26. The highest BCUT2D eigenvalue weighted by atomic mass is 16.5. The van der Waals surface area contributed by atoms with Crippen molar-refractivity contribution < 1.29 is 4.74 Å². The first-order chi connectivity index (χ1) is 9.36. The lowest BCUT2D eigenvalue weighted by molar-refractivity contribution is 0.0326. The molecule has 19 heavy (non-hydrogen) atoms. The number of rotatable bonds is 8. The molecule has 0 aliphatic heterocycles. The monoisotopic (exact) mass is 261 g/mol. The van der Waals surface area contributed by atoms with Gasteiger partial charge in [-0.25, -0.2) is 0 Å². The van der Waals surface area contributed by atoms with E-state index in [4.69, 9.17) is 4.74 Å². The first-order valence-electron chi connectivity index (χ1n) is 7.79. The first kappa shape index (κ1) is 14.5. The van der Waals surface area contributed by atoms with Crippen LogP contribution in [0.1, 0.15) is 56.7 Å². The van der Waals surface area contributed by atoms with Gasteiger partial charge in [-0.1, -0.05) is 51.0 Å². The molecule has 2 rings (SSSR count). The van der Waals surface area contributed by atoms with Crippen molar-refractivity contribution in [1.29, 1.82) is 0 Å². The van der Waals surface area contributed by atoms with E-state index in [-0.39, 0.29) is 0 Å². The number of fused-ring (bicyclic) bond motifs is 1. The van der Waals surface area contributed by atoms with Gasteiger partial charge in [-0.3, -0.25) is 0 Å². The maximum absolute atomic E-state index is 6.13. The topological polar surface area (TPSA) is 21.3 Å². The van der Waals surface area contributed by atoms with Gasteiger partial charge in [0.2, 0.25) is 0 Å². The van der Waals surface area contributed by atoms with Gasteiger partial charge in [0.25, 0.3) is 0 Å².